The van der Waals surface area contributed by atoms with Gasteiger partial charge in [0.1, 0.15) is 0 Å². The molecule has 0 saturated carbocycles. The van der Waals surface area contributed by atoms with Crippen LogP contribution in [0, 0.1) is 6.92 Å². The number of nitrogens with zero attached hydrogens (tertiary/aromatic N) is 1. The number of anilines is 1. The number of hydrogen-bond donors (Lipinski definition) is 2. The first kappa shape index (κ1) is 15.2. The van der Waals surface area contributed by atoms with E-state index in [9.17, 15) is 8.42 Å². The average Bonchev–Trinajstić information content (AvgIpc) is 2.05. The normalized spacial score (nSPS) is 12.8. The van der Waals surface area contributed by atoms with Crippen molar-refractivity contribution >= 4 is 28.1 Å². The predicted octanol–water partition coefficient (Wildman–Crippen LogP) is 1.20. The summed E-state index contributed by atoms with van der Waals surface area (Å²) in [6, 6.07) is 3.23. The lowest BCUT2D eigenvalue weighted by molar-refractivity contribution is 0.606. The van der Waals surface area contributed by atoms with Crippen molar-refractivity contribution in [3.63, 3.8) is 0 Å². The van der Waals surface area contributed by atoms with Crippen molar-refractivity contribution < 1.29 is 8.42 Å². The Morgan fingerprint density at radius 1 is 1.44 bits per heavy atom. The Labute approximate surface area is 102 Å². The quantitative estimate of drug-likeness (QED) is 0.860. The molecule has 0 saturated heterocycles. The van der Waals surface area contributed by atoms with E-state index in [4.69, 9.17) is 5.73 Å². The van der Waals surface area contributed by atoms with Gasteiger partial charge in [-0.05, 0) is 26.0 Å². The summed E-state index contributed by atoms with van der Waals surface area (Å²) in [5.74, 6) is 0. The van der Waals surface area contributed by atoms with Crippen molar-refractivity contribution in [3.8, 4) is 0 Å². The van der Waals surface area contributed by atoms with Crippen LogP contribution in [-0.2, 0) is 10.0 Å². The molecule has 0 amide bonds. The van der Waals surface area contributed by atoms with Crippen molar-refractivity contribution in [1.29, 1.82) is 0 Å². The third kappa shape index (κ3) is 4.34. The molecule has 0 aliphatic rings. The van der Waals surface area contributed by atoms with Crippen LogP contribution in [0.5, 0.6) is 0 Å². The summed E-state index contributed by atoms with van der Waals surface area (Å²) >= 11 is 0. The Balaban J connectivity index is 0.00000225. The van der Waals surface area contributed by atoms with E-state index < -0.39 is 10.0 Å². The van der Waals surface area contributed by atoms with Gasteiger partial charge in [-0.25, -0.2) is 8.42 Å². The highest BCUT2D eigenvalue weighted by molar-refractivity contribution is 7.92. The van der Waals surface area contributed by atoms with Crippen molar-refractivity contribution in [2.45, 2.75) is 19.9 Å². The highest BCUT2D eigenvalue weighted by atomic mass is 35.5. The number of aryl methyl sites for hydroxylation is 1. The lowest BCUT2D eigenvalue weighted by Crippen LogP contribution is -2.13. The van der Waals surface area contributed by atoms with Crippen molar-refractivity contribution in [2.24, 2.45) is 5.73 Å². The summed E-state index contributed by atoms with van der Waals surface area (Å²) in [5, 5.41) is 0. The molecule has 0 bridgehead atoms. The van der Waals surface area contributed by atoms with Crippen molar-refractivity contribution in [3.05, 3.63) is 23.5 Å². The molecule has 7 heteroatoms. The number of pyridine rings is 1. The fourth-order valence-electron chi connectivity index (χ4n) is 1.14. The van der Waals surface area contributed by atoms with E-state index in [0.29, 0.717) is 11.4 Å². The minimum atomic E-state index is -3.25. The maximum absolute atomic E-state index is 11.0. The molecule has 0 radical (unpaired) electrons. The van der Waals surface area contributed by atoms with Crippen LogP contribution in [0.4, 0.5) is 5.69 Å². The fraction of sp³-hybridized carbons (Fsp3) is 0.444. The van der Waals surface area contributed by atoms with Gasteiger partial charge in [-0.1, -0.05) is 0 Å². The average molecular weight is 266 g/mol. The molecule has 16 heavy (non-hydrogen) atoms. The van der Waals surface area contributed by atoms with E-state index in [1.165, 1.54) is 0 Å². The number of halogens is 1. The van der Waals surface area contributed by atoms with E-state index >= 15 is 0 Å². The van der Waals surface area contributed by atoms with Crippen LogP contribution in [-0.4, -0.2) is 19.7 Å². The first-order valence-corrected chi connectivity index (χ1v) is 6.39. The maximum atomic E-state index is 11.0. The molecule has 1 aromatic heterocycles. The van der Waals surface area contributed by atoms with E-state index in [0.717, 1.165) is 11.9 Å². The number of nitrogens with two attached hydrogens (primary N) is 1. The topological polar surface area (TPSA) is 85.1 Å². The molecule has 1 heterocycles. The minimum absolute atomic E-state index is 0. The molecule has 92 valence electrons. The molecule has 5 nitrogen and oxygen atoms in total. The Morgan fingerprint density at radius 3 is 2.38 bits per heavy atom. The van der Waals surface area contributed by atoms with E-state index in [1.54, 1.807) is 19.1 Å². The van der Waals surface area contributed by atoms with Gasteiger partial charge < -0.3 is 5.73 Å². The van der Waals surface area contributed by atoms with Gasteiger partial charge in [0.2, 0.25) is 10.0 Å². The first-order valence-electron chi connectivity index (χ1n) is 4.50. The van der Waals surface area contributed by atoms with E-state index in [-0.39, 0.29) is 18.4 Å². The number of aromatic nitrogens is 1. The van der Waals surface area contributed by atoms with Gasteiger partial charge >= 0.3 is 0 Å². The molecule has 0 aromatic carbocycles. The first-order chi connectivity index (χ1) is 6.79. The number of nitrogens with one attached hydrogen (secondary N) is 1. The van der Waals surface area contributed by atoms with Gasteiger partial charge in [-0.15, -0.1) is 12.4 Å². The van der Waals surface area contributed by atoms with Crippen LogP contribution in [0.15, 0.2) is 12.1 Å². The lowest BCUT2D eigenvalue weighted by atomic mass is 10.2. The van der Waals surface area contributed by atoms with Gasteiger partial charge in [-0.2, -0.15) is 0 Å². The number of sulfonamides is 1. The minimum Gasteiger partial charge on any atom is -0.323 e. The second-order valence-corrected chi connectivity index (χ2v) is 5.28. The highest BCUT2D eigenvalue weighted by Crippen LogP contribution is 2.16. The molecule has 1 atom stereocenters. The third-order valence-electron chi connectivity index (χ3n) is 1.87. The summed E-state index contributed by atoms with van der Waals surface area (Å²) in [5.41, 5.74) is 7.51. The smallest absolute Gasteiger partial charge is 0.229 e. The molecule has 1 aromatic rings. The molecule has 0 unspecified atom stereocenters. The van der Waals surface area contributed by atoms with Crippen LogP contribution in [0.25, 0.3) is 0 Å². The molecule has 1 rings (SSSR count). The van der Waals surface area contributed by atoms with E-state index in [1.807, 2.05) is 6.92 Å². The van der Waals surface area contributed by atoms with Crippen molar-refractivity contribution in [2.75, 3.05) is 11.0 Å². The van der Waals surface area contributed by atoms with Crippen LogP contribution >= 0.6 is 12.4 Å². The van der Waals surface area contributed by atoms with Crippen LogP contribution < -0.4 is 10.5 Å². The second kappa shape index (κ2) is 5.47. The van der Waals surface area contributed by atoms with Gasteiger partial charge in [0.15, 0.2) is 0 Å². The number of hydrogen-bond acceptors (Lipinski definition) is 4. The Bertz CT molecular complexity index is 460. The Morgan fingerprint density at radius 2 is 2.00 bits per heavy atom. The monoisotopic (exact) mass is 265 g/mol. The zero-order valence-electron chi connectivity index (χ0n) is 9.39. The molecule has 0 spiro atoms. The highest BCUT2D eigenvalue weighted by Gasteiger charge is 2.08. The summed E-state index contributed by atoms with van der Waals surface area (Å²) in [4.78, 5) is 4.20. The fourth-order valence-corrected chi connectivity index (χ4v) is 1.76. The molecule has 0 aliphatic heterocycles. The zero-order chi connectivity index (χ0) is 11.6. The lowest BCUT2D eigenvalue weighted by Gasteiger charge is -2.10. The number of rotatable bonds is 3. The van der Waals surface area contributed by atoms with Crippen LogP contribution in [0.1, 0.15) is 24.4 Å². The second-order valence-electron chi connectivity index (χ2n) is 3.53. The zero-order valence-corrected chi connectivity index (χ0v) is 11.0. The van der Waals surface area contributed by atoms with Gasteiger partial charge in [0, 0.05) is 6.04 Å². The SMILES string of the molecule is Cc1nc([C@@H](C)N)ccc1NS(C)(=O)=O.Cl. The molecule has 0 aliphatic carbocycles. The van der Waals surface area contributed by atoms with Gasteiger partial charge in [0.25, 0.3) is 0 Å². The molecular weight excluding hydrogens is 250 g/mol. The predicted molar refractivity (Wildman–Crippen MR) is 67.3 cm³/mol. The molecule has 3 N–H and O–H groups in total. The van der Waals surface area contributed by atoms with E-state index in [2.05, 4.69) is 9.71 Å². The molecular formula is C9H16ClN3O2S. The summed E-state index contributed by atoms with van der Waals surface area (Å²) < 4.78 is 24.4. The third-order valence-corrected chi connectivity index (χ3v) is 2.46. The summed E-state index contributed by atoms with van der Waals surface area (Å²) in [6.45, 7) is 3.56. The van der Waals surface area contributed by atoms with Crippen LogP contribution in [0.3, 0.4) is 0 Å². The largest absolute Gasteiger partial charge is 0.323 e. The van der Waals surface area contributed by atoms with Crippen molar-refractivity contribution in [1.82, 2.24) is 4.98 Å². The Kier molecular flexibility index (Phi) is 5.18. The summed E-state index contributed by atoms with van der Waals surface area (Å²) in [6.07, 6.45) is 1.10. The standard InChI is InChI=1S/C9H15N3O2S.ClH/c1-6(10)8-4-5-9(7(2)11-8)12-15(3,13)14;/h4-6,12H,10H2,1-3H3;1H/t6-;/m1./s1. The van der Waals surface area contributed by atoms with Gasteiger partial charge in [-0.3, -0.25) is 9.71 Å². The molecule has 0 fully saturated rings. The summed E-state index contributed by atoms with van der Waals surface area (Å²) in [7, 11) is -3.25. The maximum Gasteiger partial charge on any atom is 0.229 e. The van der Waals surface area contributed by atoms with Gasteiger partial charge in [0.05, 0.1) is 23.3 Å². The Hall–Kier alpha value is -0.850. The van der Waals surface area contributed by atoms with Crippen LogP contribution in [0.2, 0.25) is 0 Å².